The van der Waals surface area contributed by atoms with Crippen molar-refractivity contribution in [2.45, 2.75) is 13.0 Å². The predicted molar refractivity (Wildman–Crippen MR) is 75.5 cm³/mol. The molecule has 1 unspecified atom stereocenters. The topological polar surface area (TPSA) is 12.0 Å². The normalized spacial score (nSPS) is 12.4. The van der Waals surface area contributed by atoms with Gasteiger partial charge in [0.15, 0.2) is 0 Å². The van der Waals surface area contributed by atoms with Gasteiger partial charge in [-0.15, -0.1) is 0 Å². The Kier molecular flexibility index (Phi) is 3.64. The van der Waals surface area contributed by atoms with Crippen LogP contribution < -0.4 is 5.32 Å². The first kappa shape index (κ1) is 11.0. The van der Waals surface area contributed by atoms with Gasteiger partial charge in [-0.1, -0.05) is 6.07 Å². The molecule has 1 N–H and O–H groups in total. The number of anilines is 1. The van der Waals surface area contributed by atoms with Crippen molar-refractivity contribution in [1.29, 1.82) is 0 Å². The van der Waals surface area contributed by atoms with Gasteiger partial charge in [-0.2, -0.15) is 11.3 Å². The standard InChI is InChI=1S/C12H12INS/c1-9(10-5-6-15-8-10)14-12-4-2-3-11(13)7-12/h2-9,14H,1H3. The van der Waals surface area contributed by atoms with Crippen LogP contribution in [0.1, 0.15) is 18.5 Å². The molecule has 0 aliphatic rings. The fourth-order valence-electron chi connectivity index (χ4n) is 1.43. The number of halogens is 1. The molecule has 78 valence electrons. The summed E-state index contributed by atoms with van der Waals surface area (Å²) < 4.78 is 1.26. The summed E-state index contributed by atoms with van der Waals surface area (Å²) in [5.41, 5.74) is 2.53. The van der Waals surface area contributed by atoms with Crippen LogP contribution in [-0.2, 0) is 0 Å². The van der Waals surface area contributed by atoms with Crippen LogP contribution in [0.15, 0.2) is 41.1 Å². The molecule has 2 aromatic rings. The molecule has 1 heterocycles. The largest absolute Gasteiger partial charge is 0.378 e. The molecule has 0 saturated carbocycles. The number of thiophene rings is 1. The van der Waals surface area contributed by atoms with Gasteiger partial charge in [0.1, 0.15) is 0 Å². The molecule has 0 bridgehead atoms. The third kappa shape index (κ3) is 2.95. The zero-order chi connectivity index (χ0) is 10.7. The van der Waals surface area contributed by atoms with Crippen LogP contribution in [0, 0.1) is 3.57 Å². The smallest absolute Gasteiger partial charge is 0.0493 e. The lowest BCUT2D eigenvalue weighted by Crippen LogP contribution is -2.05. The van der Waals surface area contributed by atoms with Gasteiger partial charge in [0, 0.05) is 15.3 Å². The van der Waals surface area contributed by atoms with Gasteiger partial charge in [0.25, 0.3) is 0 Å². The molecule has 0 radical (unpaired) electrons. The minimum absolute atomic E-state index is 0.370. The maximum Gasteiger partial charge on any atom is 0.0493 e. The molecule has 0 spiro atoms. The average molecular weight is 329 g/mol. The molecule has 0 aliphatic carbocycles. The van der Waals surface area contributed by atoms with Gasteiger partial charge in [0.2, 0.25) is 0 Å². The molecule has 0 saturated heterocycles. The van der Waals surface area contributed by atoms with Crippen molar-refractivity contribution in [1.82, 2.24) is 0 Å². The highest BCUT2D eigenvalue weighted by Gasteiger charge is 2.04. The molecular weight excluding hydrogens is 317 g/mol. The molecule has 1 aromatic heterocycles. The summed E-state index contributed by atoms with van der Waals surface area (Å²) in [5, 5.41) is 7.79. The first-order valence-corrected chi connectivity index (χ1v) is 6.82. The van der Waals surface area contributed by atoms with Crippen molar-refractivity contribution in [3.63, 3.8) is 0 Å². The summed E-state index contributed by atoms with van der Waals surface area (Å²) in [4.78, 5) is 0. The number of hydrogen-bond acceptors (Lipinski definition) is 2. The highest BCUT2D eigenvalue weighted by atomic mass is 127. The van der Waals surface area contributed by atoms with E-state index in [0.717, 1.165) is 0 Å². The van der Waals surface area contributed by atoms with Crippen LogP contribution in [0.2, 0.25) is 0 Å². The second-order valence-electron chi connectivity index (χ2n) is 3.43. The first-order valence-electron chi connectivity index (χ1n) is 4.80. The highest BCUT2D eigenvalue weighted by Crippen LogP contribution is 2.22. The van der Waals surface area contributed by atoms with E-state index in [1.54, 1.807) is 11.3 Å². The molecule has 1 nitrogen and oxygen atoms in total. The number of hydrogen-bond donors (Lipinski definition) is 1. The number of benzene rings is 1. The Labute approximate surface area is 108 Å². The highest BCUT2D eigenvalue weighted by molar-refractivity contribution is 14.1. The minimum atomic E-state index is 0.370. The van der Waals surface area contributed by atoms with Crippen molar-refractivity contribution < 1.29 is 0 Å². The van der Waals surface area contributed by atoms with Crippen molar-refractivity contribution in [2.75, 3.05) is 5.32 Å². The van der Waals surface area contributed by atoms with Crippen LogP contribution in [0.5, 0.6) is 0 Å². The summed E-state index contributed by atoms with van der Waals surface area (Å²) in [7, 11) is 0. The SMILES string of the molecule is CC(Nc1cccc(I)c1)c1ccsc1. The summed E-state index contributed by atoms with van der Waals surface area (Å²) in [6.45, 7) is 2.18. The fraction of sp³-hybridized carbons (Fsp3) is 0.167. The molecule has 2 rings (SSSR count). The van der Waals surface area contributed by atoms with Crippen molar-refractivity contribution in [3.05, 3.63) is 50.2 Å². The van der Waals surface area contributed by atoms with Gasteiger partial charge >= 0.3 is 0 Å². The lowest BCUT2D eigenvalue weighted by Gasteiger charge is -2.14. The lowest BCUT2D eigenvalue weighted by atomic mass is 10.2. The molecule has 0 fully saturated rings. The summed E-state index contributed by atoms with van der Waals surface area (Å²) in [6, 6.07) is 11.0. The number of nitrogens with one attached hydrogen (secondary N) is 1. The van der Waals surface area contributed by atoms with E-state index in [9.17, 15) is 0 Å². The predicted octanol–water partition coefficient (Wildman–Crippen LogP) is 4.53. The number of rotatable bonds is 3. The molecule has 1 atom stereocenters. The van der Waals surface area contributed by atoms with E-state index >= 15 is 0 Å². The van der Waals surface area contributed by atoms with E-state index in [1.807, 2.05) is 0 Å². The quantitative estimate of drug-likeness (QED) is 0.816. The van der Waals surface area contributed by atoms with Crippen LogP contribution in [-0.4, -0.2) is 0 Å². The van der Waals surface area contributed by atoms with E-state index in [1.165, 1.54) is 14.8 Å². The van der Waals surface area contributed by atoms with E-state index < -0.39 is 0 Å². The van der Waals surface area contributed by atoms with Crippen molar-refractivity contribution in [2.24, 2.45) is 0 Å². The van der Waals surface area contributed by atoms with Gasteiger partial charge in [-0.3, -0.25) is 0 Å². The molecule has 3 heteroatoms. The van der Waals surface area contributed by atoms with E-state index in [2.05, 4.69) is 75.9 Å². The monoisotopic (exact) mass is 329 g/mol. The van der Waals surface area contributed by atoms with Crippen LogP contribution in [0.4, 0.5) is 5.69 Å². The lowest BCUT2D eigenvalue weighted by molar-refractivity contribution is 0.890. The van der Waals surface area contributed by atoms with Gasteiger partial charge in [-0.05, 0) is 70.1 Å². The Balaban J connectivity index is 2.09. The van der Waals surface area contributed by atoms with Gasteiger partial charge in [0.05, 0.1) is 0 Å². The van der Waals surface area contributed by atoms with Gasteiger partial charge < -0.3 is 5.32 Å². The molecule has 1 aromatic carbocycles. The Morgan fingerprint density at radius 1 is 1.33 bits per heavy atom. The minimum Gasteiger partial charge on any atom is -0.378 e. The molecular formula is C12H12INS. The zero-order valence-corrected chi connectivity index (χ0v) is 11.4. The van der Waals surface area contributed by atoms with Gasteiger partial charge in [-0.25, -0.2) is 0 Å². The fourth-order valence-corrected chi connectivity index (χ4v) is 2.73. The maximum atomic E-state index is 3.49. The molecule has 0 aliphatic heterocycles. The van der Waals surface area contributed by atoms with E-state index in [0.29, 0.717) is 6.04 Å². The van der Waals surface area contributed by atoms with Crippen molar-refractivity contribution in [3.8, 4) is 0 Å². The van der Waals surface area contributed by atoms with Crippen LogP contribution in [0.3, 0.4) is 0 Å². The van der Waals surface area contributed by atoms with Crippen molar-refractivity contribution >= 4 is 39.6 Å². The summed E-state index contributed by atoms with van der Waals surface area (Å²) in [6.07, 6.45) is 0. The maximum absolute atomic E-state index is 3.49. The Morgan fingerprint density at radius 2 is 2.20 bits per heavy atom. The molecule has 0 amide bonds. The summed E-state index contributed by atoms with van der Waals surface area (Å²) >= 11 is 4.07. The zero-order valence-electron chi connectivity index (χ0n) is 8.41. The Hall–Kier alpha value is -0.550. The molecule has 15 heavy (non-hydrogen) atoms. The van der Waals surface area contributed by atoms with Crippen LogP contribution in [0.25, 0.3) is 0 Å². The van der Waals surface area contributed by atoms with Crippen LogP contribution >= 0.6 is 33.9 Å². The Morgan fingerprint density at radius 3 is 2.87 bits per heavy atom. The van der Waals surface area contributed by atoms with E-state index in [-0.39, 0.29) is 0 Å². The third-order valence-electron chi connectivity index (χ3n) is 2.25. The third-order valence-corrected chi connectivity index (χ3v) is 3.62. The Bertz CT molecular complexity index is 425. The summed E-state index contributed by atoms with van der Waals surface area (Å²) in [5.74, 6) is 0. The average Bonchev–Trinajstić information content (AvgIpc) is 2.70. The van der Waals surface area contributed by atoms with E-state index in [4.69, 9.17) is 0 Å². The second-order valence-corrected chi connectivity index (χ2v) is 5.46. The first-order chi connectivity index (χ1) is 7.25. The second kappa shape index (κ2) is 4.99.